The number of aromatic nitrogens is 2. The van der Waals surface area contributed by atoms with Gasteiger partial charge in [0.15, 0.2) is 0 Å². The van der Waals surface area contributed by atoms with Crippen molar-refractivity contribution >= 4 is 26.8 Å². The van der Waals surface area contributed by atoms with Crippen molar-refractivity contribution in [3.63, 3.8) is 0 Å². The van der Waals surface area contributed by atoms with Gasteiger partial charge in [0.2, 0.25) is 0 Å². The number of pyridine rings is 2. The standard InChI is InChI=1S/C16H14BrN3/c17-13-7-12(9-19-10-13)15(18)8-14-6-5-11-3-1-2-4-16(11)20-14/h1-7,9-10,15H,8,18H2. The third kappa shape index (κ3) is 2.86. The van der Waals surface area contributed by atoms with Crippen molar-refractivity contribution in [1.29, 1.82) is 0 Å². The Hall–Kier alpha value is -1.78. The summed E-state index contributed by atoms with van der Waals surface area (Å²) < 4.78 is 0.942. The van der Waals surface area contributed by atoms with Crippen LogP contribution in [0.15, 0.2) is 59.3 Å². The van der Waals surface area contributed by atoms with E-state index in [1.54, 1.807) is 12.4 Å². The van der Waals surface area contributed by atoms with E-state index in [1.807, 2.05) is 30.3 Å². The van der Waals surface area contributed by atoms with E-state index < -0.39 is 0 Å². The predicted molar refractivity (Wildman–Crippen MR) is 84.3 cm³/mol. The van der Waals surface area contributed by atoms with Crippen molar-refractivity contribution in [2.24, 2.45) is 5.73 Å². The molecule has 2 heterocycles. The molecule has 0 fully saturated rings. The molecule has 0 bridgehead atoms. The van der Waals surface area contributed by atoms with Gasteiger partial charge < -0.3 is 5.73 Å². The molecule has 2 aromatic heterocycles. The molecule has 20 heavy (non-hydrogen) atoms. The van der Waals surface area contributed by atoms with Gasteiger partial charge in [-0.2, -0.15) is 0 Å². The first-order valence-electron chi connectivity index (χ1n) is 6.43. The zero-order chi connectivity index (χ0) is 13.9. The van der Waals surface area contributed by atoms with Gasteiger partial charge in [-0.3, -0.25) is 9.97 Å². The second kappa shape index (κ2) is 5.69. The second-order valence-electron chi connectivity index (χ2n) is 4.74. The highest BCUT2D eigenvalue weighted by Crippen LogP contribution is 2.19. The molecule has 2 N–H and O–H groups in total. The minimum atomic E-state index is -0.103. The van der Waals surface area contributed by atoms with E-state index in [9.17, 15) is 0 Å². The number of para-hydroxylation sites is 1. The summed E-state index contributed by atoms with van der Waals surface area (Å²) in [4.78, 5) is 8.80. The number of nitrogens with zero attached hydrogens (tertiary/aromatic N) is 2. The number of halogens is 1. The number of nitrogens with two attached hydrogens (primary N) is 1. The van der Waals surface area contributed by atoms with Crippen LogP contribution in [0.25, 0.3) is 10.9 Å². The van der Waals surface area contributed by atoms with Crippen molar-refractivity contribution in [2.45, 2.75) is 12.5 Å². The number of hydrogen-bond donors (Lipinski definition) is 1. The van der Waals surface area contributed by atoms with Crippen molar-refractivity contribution in [3.8, 4) is 0 Å². The number of benzene rings is 1. The summed E-state index contributed by atoms with van der Waals surface area (Å²) >= 11 is 3.41. The lowest BCUT2D eigenvalue weighted by Crippen LogP contribution is -2.14. The third-order valence-electron chi connectivity index (χ3n) is 3.24. The quantitative estimate of drug-likeness (QED) is 0.799. The minimum Gasteiger partial charge on any atom is -0.324 e. The summed E-state index contributed by atoms with van der Waals surface area (Å²) in [5, 5.41) is 1.15. The monoisotopic (exact) mass is 327 g/mol. The van der Waals surface area contributed by atoms with Crippen LogP contribution in [0.1, 0.15) is 17.3 Å². The van der Waals surface area contributed by atoms with Gasteiger partial charge in [0.1, 0.15) is 0 Å². The first-order valence-corrected chi connectivity index (χ1v) is 7.22. The zero-order valence-electron chi connectivity index (χ0n) is 10.8. The van der Waals surface area contributed by atoms with E-state index in [1.165, 1.54) is 0 Å². The van der Waals surface area contributed by atoms with Gasteiger partial charge in [-0.1, -0.05) is 24.3 Å². The van der Waals surface area contributed by atoms with Crippen molar-refractivity contribution < 1.29 is 0 Å². The van der Waals surface area contributed by atoms with Gasteiger partial charge in [-0.05, 0) is 39.7 Å². The van der Waals surface area contributed by atoms with Gasteiger partial charge in [0, 0.05) is 40.4 Å². The van der Waals surface area contributed by atoms with Crippen LogP contribution in [0.4, 0.5) is 0 Å². The van der Waals surface area contributed by atoms with E-state index >= 15 is 0 Å². The highest BCUT2D eigenvalue weighted by molar-refractivity contribution is 9.10. The van der Waals surface area contributed by atoms with Gasteiger partial charge in [-0.25, -0.2) is 0 Å². The highest BCUT2D eigenvalue weighted by atomic mass is 79.9. The average Bonchev–Trinajstić information content (AvgIpc) is 2.47. The molecule has 4 heteroatoms. The van der Waals surface area contributed by atoms with Gasteiger partial charge in [0.05, 0.1) is 5.52 Å². The zero-order valence-corrected chi connectivity index (χ0v) is 12.4. The van der Waals surface area contributed by atoms with Crippen LogP contribution in [0.3, 0.4) is 0 Å². The van der Waals surface area contributed by atoms with Crippen LogP contribution in [0.5, 0.6) is 0 Å². The second-order valence-corrected chi connectivity index (χ2v) is 5.66. The topological polar surface area (TPSA) is 51.8 Å². The molecule has 0 saturated carbocycles. The van der Waals surface area contributed by atoms with E-state index in [0.29, 0.717) is 6.42 Å². The SMILES string of the molecule is NC(Cc1ccc2ccccc2n1)c1cncc(Br)c1. The highest BCUT2D eigenvalue weighted by Gasteiger charge is 2.09. The summed E-state index contributed by atoms with van der Waals surface area (Å²) in [6, 6.07) is 14.1. The van der Waals surface area contributed by atoms with Gasteiger partial charge >= 0.3 is 0 Å². The first-order chi connectivity index (χ1) is 9.72. The average molecular weight is 328 g/mol. The molecule has 3 nitrogen and oxygen atoms in total. The molecule has 0 aliphatic carbocycles. The molecular formula is C16H14BrN3. The molecule has 3 rings (SSSR count). The van der Waals surface area contributed by atoms with Crippen LogP contribution in [-0.2, 0) is 6.42 Å². The van der Waals surface area contributed by atoms with E-state index in [-0.39, 0.29) is 6.04 Å². The lowest BCUT2D eigenvalue weighted by molar-refractivity contribution is 0.705. The number of hydrogen-bond acceptors (Lipinski definition) is 3. The fourth-order valence-electron chi connectivity index (χ4n) is 2.20. The molecular weight excluding hydrogens is 314 g/mol. The number of rotatable bonds is 3. The molecule has 0 radical (unpaired) electrons. The fourth-order valence-corrected chi connectivity index (χ4v) is 2.58. The summed E-state index contributed by atoms with van der Waals surface area (Å²) in [5.74, 6) is 0. The Morgan fingerprint density at radius 2 is 1.95 bits per heavy atom. The molecule has 3 aromatic rings. The van der Waals surface area contributed by atoms with E-state index in [4.69, 9.17) is 5.73 Å². The van der Waals surface area contributed by atoms with Crippen LogP contribution >= 0.6 is 15.9 Å². The van der Waals surface area contributed by atoms with Crippen molar-refractivity contribution in [1.82, 2.24) is 9.97 Å². The van der Waals surface area contributed by atoms with Crippen molar-refractivity contribution in [2.75, 3.05) is 0 Å². The largest absolute Gasteiger partial charge is 0.324 e. The Bertz CT molecular complexity index is 742. The number of fused-ring (bicyclic) bond motifs is 1. The van der Waals surface area contributed by atoms with E-state index in [0.717, 1.165) is 26.6 Å². The summed E-state index contributed by atoms with van der Waals surface area (Å²) in [7, 11) is 0. The summed E-state index contributed by atoms with van der Waals surface area (Å²) in [6.07, 6.45) is 4.25. The van der Waals surface area contributed by atoms with Gasteiger partial charge in [0.25, 0.3) is 0 Å². The lowest BCUT2D eigenvalue weighted by atomic mass is 10.0. The van der Waals surface area contributed by atoms with Crippen LogP contribution < -0.4 is 5.73 Å². The smallest absolute Gasteiger partial charge is 0.0705 e. The summed E-state index contributed by atoms with van der Waals surface area (Å²) in [6.45, 7) is 0. The lowest BCUT2D eigenvalue weighted by Gasteiger charge is -2.12. The molecule has 0 aliphatic heterocycles. The Morgan fingerprint density at radius 1 is 1.10 bits per heavy atom. The molecule has 0 spiro atoms. The molecule has 0 saturated heterocycles. The van der Waals surface area contributed by atoms with E-state index in [2.05, 4.69) is 38.0 Å². The Kier molecular flexibility index (Phi) is 3.76. The minimum absolute atomic E-state index is 0.103. The Morgan fingerprint density at radius 3 is 2.80 bits per heavy atom. The Balaban J connectivity index is 1.85. The molecule has 1 unspecified atom stereocenters. The van der Waals surface area contributed by atoms with Crippen molar-refractivity contribution in [3.05, 3.63) is 70.6 Å². The molecule has 0 amide bonds. The maximum Gasteiger partial charge on any atom is 0.0705 e. The van der Waals surface area contributed by atoms with Crippen LogP contribution in [0.2, 0.25) is 0 Å². The first kappa shape index (κ1) is 13.2. The Labute approximate surface area is 126 Å². The molecule has 1 atom stereocenters. The molecule has 0 aliphatic rings. The maximum absolute atomic E-state index is 6.24. The van der Waals surface area contributed by atoms with Crippen LogP contribution in [0, 0.1) is 0 Å². The molecule has 1 aromatic carbocycles. The third-order valence-corrected chi connectivity index (χ3v) is 3.67. The maximum atomic E-state index is 6.24. The van der Waals surface area contributed by atoms with Gasteiger partial charge in [-0.15, -0.1) is 0 Å². The summed E-state index contributed by atoms with van der Waals surface area (Å²) in [5.41, 5.74) is 9.25. The molecule has 100 valence electrons. The van der Waals surface area contributed by atoms with Crippen LogP contribution in [-0.4, -0.2) is 9.97 Å². The normalized spacial score (nSPS) is 12.5. The fraction of sp³-hybridized carbons (Fsp3) is 0.125. The predicted octanol–water partition coefficient (Wildman–Crippen LogP) is 3.63.